The van der Waals surface area contributed by atoms with Gasteiger partial charge in [0, 0.05) is 27.5 Å². The van der Waals surface area contributed by atoms with Crippen LogP contribution >= 0.6 is 0 Å². The van der Waals surface area contributed by atoms with Gasteiger partial charge in [0.1, 0.15) is 11.2 Å². The van der Waals surface area contributed by atoms with Crippen molar-refractivity contribution in [3.63, 3.8) is 0 Å². The van der Waals surface area contributed by atoms with Crippen molar-refractivity contribution in [1.82, 2.24) is 15.0 Å². The quantitative estimate of drug-likeness (QED) is 0.214. The molecule has 8 rings (SSSR count). The summed E-state index contributed by atoms with van der Waals surface area (Å²) in [7, 11) is 0. The maximum Gasteiger partial charge on any atom is 0.164 e. The van der Waals surface area contributed by atoms with Gasteiger partial charge in [-0.2, -0.15) is 0 Å². The molecular formula is C39H25N3O. The summed E-state index contributed by atoms with van der Waals surface area (Å²) in [5, 5.41) is 2.04. The van der Waals surface area contributed by atoms with Gasteiger partial charge >= 0.3 is 0 Å². The van der Waals surface area contributed by atoms with Crippen molar-refractivity contribution >= 4 is 21.9 Å². The first-order chi connectivity index (χ1) is 21.3. The van der Waals surface area contributed by atoms with E-state index in [1.165, 1.54) is 0 Å². The van der Waals surface area contributed by atoms with E-state index in [-0.39, 0.29) is 0 Å². The smallest absolute Gasteiger partial charge is 0.164 e. The van der Waals surface area contributed by atoms with E-state index in [2.05, 4.69) is 84.9 Å². The topological polar surface area (TPSA) is 51.8 Å². The molecule has 0 atom stereocenters. The molecule has 0 spiro atoms. The van der Waals surface area contributed by atoms with Crippen molar-refractivity contribution in [1.29, 1.82) is 0 Å². The molecular weight excluding hydrogens is 526 g/mol. The molecule has 8 aromatic rings. The summed E-state index contributed by atoms with van der Waals surface area (Å²) in [6, 6.07) is 51.5. The van der Waals surface area contributed by atoms with E-state index in [4.69, 9.17) is 19.4 Å². The Kier molecular flexibility index (Phi) is 6.08. The van der Waals surface area contributed by atoms with E-state index in [0.29, 0.717) is 17.5 Å². The molecule has 0 N–H and O–H groups in total. The Labute approximate surface area is 249 Å². The third-order valence-corrected chi connectivity index (χ3v) is 7.74. The van der Waals surface area contributed by atoms with Crippen LogP contribution in [-0.2, 0) is 0 Å². The van der Waals surface area contributed by atoms with Crippen molar-refractivity contribution in [3.05, 3.63) is 152 Å². The second kappa shape index (κ2) is 10.5. The number of benzene rings is 6. The molecule has 0 bridgehead atoms. The van der Waals surface area contributed by atoms with Gasteiger partial charge in [0.15, 0.2) is 17.5 Å². The molecule has 0 aliphatic carbocycles. The molecule has 43 heavy (non-hydrogen) atoms. The molecule has 0 saturated heterocycles. The van der Waals surface area contributed by atoms with Gasteiger partial charge in [-0.15, -0.1) is 0 Å². The summed E-state index contributed by atoms with van der Waals surface area (Å²) in [5.41, 5.74) is 8.88. The fourth-order valence-electron chi connectivity index (χ4n) is 5.72. The minimum absolute atomic E-state index is 0.602. The number of furan rings is 1. The summed E-state index contributed by atoms with van der Waals surface area (Å²) in [6.07, 6.45) is 0. The normalized spacial score (nSPS) is 11.3. The first-order valence-electron chi connectivity index (χ1n) is 14.3. The highest BCUT2D eigenvalue weighted by Crippen LogP contribution is 2.41. The van der Waals surface area contributed by atoms with Crippen LogP contribution in [0.1, 0.15) is 0 Å². The number of aromatic nitrogens is 3. The van der Waals surface area contributed by atoms with Crippen molar-refractivity contribution in [2.75, 3.05) is 0 Å². The van der Waals surface area contributed by atoms with E-state index in [0.717, 1.165) is 60.9 Å². The Morgan fingerprint density at radius 3 is 1.47 bits per heavy atom. The predicted molar refractivity (Wildman–Crippen MR) is 174 cm³/mol. The third-order valence-electron chi connectivity index (χ3n) is 7.74. The molecule has 0 radical (unpaired) electrons. The van der Waals surface area contributed by atoms with Gasteiger partial charge in [-0.25, -0.2) is 15.0 Å². The highest BCUT2D eigenvalue weighted by Gasteiger charge is 2.20. The summed E-state index contributed by atoms with van der Waals surface area (Å²) < 4.78 is 6.40. The van der Waals surface area contributed by atoms with E-state index in [1.54, 1.807) is 0 Å². The Hall–Kier alpha value is -5.87. The average molecular weight is 552 g/mol. The lowest BCUT2D eigenvalue weighted by molar-refractivity contribution is 0.669. The van der Waals surface area contributed by atoms with Gasteiger partial charge in [-0.3, -0.25) is 0 Å². The van der Waals surface area contributed by atoms with Gasteiger partial charge < -0.3 is 4.42 Å². The molecule has 0 aliphatic rings. The van der Waals surface area contributed by atoms with E-state index < -0.39 is 0 Å². The summed E-state index contributed by atoms with van der Waals surface area (Å²) in [5.74, 6) is 1.85. The van der Waals surface area contributed by atoms with Gasteiger partial charge in [0.25, 0.3) is 0 Å². The van der Waals surface area contributed by atoms with Gasteiger partial charge in [-0.1, -0.05) is 133 Å². The zero-order valence-corrected chi connectivity index (χ0v) is 23.2. The van der Waals surface area contributed by atoms with Crippen LogP contribution in [0.3, 0.4) is 0 Å². The Morgan fingerprint density at radius 2 is 0.791 bits per heavy atom. The number of hydrogen-bond donors (Lipinski definition) is 0. The van der Waals surface area contributed by atoms with E-state index in [9.17, 15) is 0 Å². The second-order valence-electron chi connectivity index (χ2n) is 10.4. The number of rotatable bonds is 5. The van der Waals surface area contributed by atoms with Crippen molar-refractivity contribution < 1.29 is 4.42 Å². The molecule has 202 valence electrons. The Morgan fingerprint density at radius 1 is 0.326 bits per heavy atom. The molecule has 0 fully saturated rings. The van der Waals surface area contributed by atoms with Crippen molar-refractivity contribution in [2.45, 2.75) is 0 Å². The van der Waals surface area contributed by atoms with Crippen LogP contribution in [0, 0.1) is 0 Å². The first kappa shape index (κ1) is 24.9. The van der Waals surface area contributed by atoms with Crippen LogP contribution in [0.15, 0.2) is 156 Å². The fraction of sp³-hybridized carbons (Fsp3) is 0. The third kappa shape index (κ3) is 4.55. The number of nitrogens with zero attached hydrogens (tertiary/aromatic N) is 3. The monoisotopic (exact) mass is 551 g/mol. The Bertz CT molecular complexity index is 2220. The maximum atomic E-state index is 6.40. The van der Waals surface area contributed by atoms with Crippen LogP contribution < -0.4 is 0 Å². The van der Waals surface area contributed by atoms with E-state index >= 15 is 0 Å². The zero-order valence-electron chi connectivity index (χ0n) is 23.2. The number of hydrogen-bond acceptors (Lipinski definition) is 4. The molecule has 0 aliphatic heterocycles. The predicted octanol–water partition coefficient (Wildman–Crippen LogP) is 10.1. The molecule has 6 aromatic carbocycles. The number of fused-ring (bicyclic) bond motifs is 3. The van der Waals surface area contributed by atoms with Crippen LogP contribution in [-0.4, -0.2) is 15.0 Å². The molecule has 0 saturated carbocycles. The van der Waals surface area contributed by atoms with Crippen LogP contribution in [0.25, 0.3) is 78.4 Å². The first-order valence-corrected chi connectivity index (χ1v) is 14.3. The van der Waals surface area contributed by atoms with Gasteiger partial charge in [0.05, 0.1) is 0 Å². The summed E-state index contributed by atoms with van der Waals surface area (Å²) in [6.45, 7) is 0. The standard InChI is InChI=1S/C39H25N3O/c1-4-13-26(14-5-1)29-19-10-20-30(25-29)38-40-37(28-17-8-3-9-18-28)41-39(42-38)32-22-12-24-34-36(32)35-31(21-11-23-33(35)43-34)27-15-6-2-7-16-27/h1-25H. The van der Waals surface area contributed by atoms with Crippen molar-refractivity contribution in [2.24, 2.45) is 0 Å². The highest BCUT2D eigenvalue weighted by atomic mass is 16.3. The molecule has 2 aromatic heterocycles. The maximum absolute atomic E-state index is 6.40. The zero-order chi connectivity index (χ0) is 28.6. The molecule has 0 unspecified atom stereocenters. The lowest BCUT2D eigenvalue weighted by Crippen LogP contribution is -2.00. The lowest BCUT2D eigenvalue weighted by atomic mass is 9.97. The molecule has 2 heterocycles. The van der Waals surface area contributed by atoms with Gasteiger partial charge in [-0.05, 0) is 40.5 Å². The summed E-state index contributed by atoms with van der Waals surface area (Å²) >= 11 is 0. The van der Waals surface area contributed by atoms with Crippen LogP contribution in [0.2, 0.25) is 0 Å². The van der Waals surface area contributed by atoms with Crippen LogP contribution in [0.4, 0.5) is 0 Å². The Balaban J connectivity index is 1.38. The minimum Gasteiger partial charge on any atom is -0.456 e. The van der Waals surface area contributed by atoms with E-state index in [1.807, 2.05) is 66.7 Å². The average Bonchev–Trinajstić information content (AvgIpc) is 3.49. The molecule has 4 heteroatoms. The fourth-order valence-corrected chi connectivity index (χ4v) is 5.72. The summed E-state index contributed by atoms with van der Waals surface area (Å²) in [4.78, 5) is 15.1. The second-order valence-corrected chi connectivity index (χ2v) is 10.4. The lowest BCUT2D eigenvalue weighted by Gasteiger charge is -2.11. The van der Waals surface area contributed by atoms with Crippen molar-refractivity contribution in [3.8, 4) is 56.4 Å². The van der Waals surface area contributed by atoms with Gasteiger partial charge in [0.2, 0.25) is 0 Å². The SMILES string of the molecule is c1ccc(-c2cccc(-c3nc(-c4ccccc4)nc(-c4cccc5oc6cccc(-c7ccccc7)c6c45)n3)c2)cc1. The molecule has 0 amide bonds. The molecule has 4 nitrogen and oxygen atoms in total. The highest BCUT2D eigenvalue weighted by molar-refractivity contribution is 6.17. The van der Waals surface area contributed by atoms with Crippen LogP contribution in [0.5, 0.6) is 0 Å². The largest absolute Gasteiger partial charge is 0.456 e. The minimum atomic E-state index is 0.602.